The summed E-state index contributed by atoms with van der Waals surface area (Å²) in [5, 5.41) is 12.0. The van der Waals surface area contributed by atoms with Gasteiger partial charge in [-0.1, -0.05) is 19.3 Å². The number of amides is 1. The van der Waals surface area contributed by atoms with E-state index in [1.807, 2.05) is 29.9 Å². The van der Waals surface area contributed by atoms with Crippen LogP contribution in [0.1, 0.15) is 37.8 Å². The van der Waals surface area contributed by atoms with Gasteiger partial charge in [-0.3, -0.25) is 4.79 Å². The lowest BCUT2D eigenvalue weighted by molar-refractivity contribution is -0.144. The van der Waals surface area contributed by atoms with E-state index in [2.05, 4.69) is 11.4 Å². The van der Waals surface area contributed by atoms with Crippen molar-refractivity contribution in [2.75, 3.05) is 6.61 Å². The Morgan fingerprint density at radius 1 is 1.43 bits per heavy atom. The monoisotopic (exact) mass is 315 g/mol. The molecule has 6 heteroatoms. The minimum absolute atomic E-state index is 0.375. The van der Waals surface area contributed by atoms with Crippen molar-refractivity contribution in [3.63, 3.8) is 0 Å². The Bertz CT molecular complexity index is 634. The van der Waals surface area contributed by atoms with Gasteiger partial charge < -0.3 is 14.6 Å². The van der Waals surface area contributed by atoms with E-state index in [0.29, 0.717) is 12.8 Å². The van der Waals surface area contributed by atoms with Crippen LogP contribution in [-0.4, -0.2) is 28.6 Å². The summed E-state index contributed by atoms with van der Waals surface area (Å²) in [6, 6.07) is 5.92. The number of carbonyl (C=O) groups excluding carboxylic acids is 2. The molecule has 0 atom stereocenters. The molecule has 0 spiro atoms. The van der Waals surface area contributed by atoms with Gasteiger partial charge in [0.05, 0.1) is 6.07 Å². The number of aromatic nitrogens is 1. The summed E-state index contributed by atoms with van der Waals surface area (Å²) in [6.07, 6.45) is 9.00. The minimum Gasteiger partial charge on any atom is -0.452 e. The maximum Gasteiger partial charge on any atom is 0.331 e. The molecule has 122 valence electrons. The molecular weight excluding hydrogens is 294 g/mol. The van der Waals surface area contributed by atoms with E-state index in [1.54, 1.807) is 6.08 Å². The molecular formula is C17H21N3O3. The molecule has 0 saturated heterocycles. The van der Waals surface area contributed by atoms with Gasteiger partial charge in [-0.05, 0) is 31.1 Å². The summed E-state index contributed by atoms with van der Waals surface area (Å²) in [4.78, 5) is 23.5. The van der Waals surface area contributed by atoms with Crippen molar-refractivity contribution in [1.29, 1.82) is 5.26 Å². The van der Waals surface area contributed by atoms with E-state index < -0.39 is 17.4 Å². The lowest BCUT2D eigenvalue weighted by Gasteiger charge is -2.31. The van der Waals surface area contributed by atoms with Gasteiger partial charge in [0.15, 0.2) is 6.61 Å². The third kappa shape index (κ3) is 4.71. The fourth-order valence-electron chi connectivity index (χ4n) is 2.71. The second-order valence-electron chi connectivity index (χ2n) is 5.79. The van der Waals surface area contributed by atoms with Crippen LogP contribution < -0.4 is 5.32 Å². The average Bonchev–Trinajstić information content (AvgIpc) is 2.97. The first-order valence-corrected chi connectivity index (χ1v) is 7.73. The van der Waals surface area contributed by atoms with Crippen LogP contribution in [0.5, 0.6) is 0 Å². The predicted octanol–water partition coefficient (Wildman–Crippen LogP) is 1.92. The Kier molecular flexibility index (Phi) is 5.58. The van der Waals surface area contributed by atoms with Gasteiger partial charge >= 0.3 is 5.97 Å². The molecule has 0 bridgehead atoms. The Morgan fingerprint density at radius 2 is 2.17 bits per heavy atom. The number of esters is 1. The van der Waals surface area contributed by atoms with Crippen molar-refractivity contribution in [2.24, 2.45) is 7.05 Å². The maximum absolute atomic E-state index is 11.9. The van der Waals surface area contributed by atoms with Gasteiger partial charge in [-0.15, -0.1) is 0 Å². The van der Waals surface area contributed by atoms with Crippen LogP contribution in [0, 0.1) is 11.3 Å². The lowest BCUT2D eigenvalue weighted by Crippen LogP contribution is -2.49. The predicted molar refractivity (Wildman–Crippen MR) is 85.0 cm³/mol. The Morgan fingerprint density at radius 3 is 2.78 bits per heavy atom. The summed E-state index contributed by atoms with van der Waals surface area (Å²) in [5.41, 5.74) is 0.0534. The summed E-state index contributed by atoms with van der Waals surface area (Å²) < 4.78 is 6.77. The third-order valence-corrected chi connectivity index (χ3v) is 4.02. The summed E-state index contributed by atoms with van der Waals surface area (Å²) >= 11 is 0. The Labute approximate surface area is 135 Å². The number of nitrogens with one attached hydrogen (secondary N) is 1. The molecule has 23 heavy (non-hydrogen) atoms. The number of carbonyl (C=O) groups is 2. The first kappa shape index (κ1) is 16.8. The summed E-state index contributed by atoms with van der Waals surface area (Å²) in [6.45, 7) is -0.375. The van der Waals surface area contributed by atoms with E-state index in [4.69, 9.17) is 4.74 Å². The minimum atomic E-state index is -0.805. The van der Waals surface area contributed by atoms with Gasteiger partial charge in [0.2, 0.25) is 0 Å². The summed E-state index contributed by atoms with van der Waals surface area (Å²) in [5.74, 6) is -1.02. The molecule has 1 fully saturated rings. The molecule has 6 nitrogen and oxygen atoms in total. The second kappa shape index (κ2) is 7.63. The summed E-state index contributed by atoms with van der Waals surface area (Å²) in [7, 11) is 1.87. The standard InChI is InChI=1S/C17H21N3O3/c1-20-11-5-6-14(20)7-8-16(22)23-12-15(21)19-17(13-18)9-3-2-4-10-17/h5-8,11H,2-4,9-10,12H2,1H3,(H,19,21)/b8-7+. The highest BCUT2D eigenvalue weighted by Gasteiger charge is 2.33. The van der Waals surface area contributed by atoms with Gasteiger partial charge in [0.25, 0.3) is 5.91 Å². The SMILES string of the molecule is Cn1cccc1/C=C/C(=O)OCC(=O)NC1(C#N)CCCCC1. The molecule has 0 aromatic carbocycles. The normalized spacial score (nSPS) is 16.7. The molecule has 0 unspecified atom stereocenters. The molecule has 0 aliphatic heterocycles. The van der Waals surface area contributed by atoms with Crippen molar-refractivity contribution >= 4 is 18.0 Å². The Hall–Kier alpha value is -2.55. The molecule has 2 rings (SSSR count). The average molecular weight is 315 g/mol. The van der Waals surface area contributed by atoms with Gasteiger partial charge in [-0.25, -0.2) is 4.79 Å². The molecule has 1 aromatic rings. The number of nitrogens with zero attached hydrogens (tertiary/aromatic N) is 2. The van der Waals surface area contributed by atoms with Crippen LogP contribution in [0.4, 0.5) is 0 Å². The van der Waals surface area contributed by atoms with Crippen molar-refractivity contribution < 1.29 is 14.3 Å². The van der Waals surface area contributed by atoms with Crippen molar-refractivity contribution in [1.82, 2.24) is 9.88 Å². The largest absolute Gasteiger partial charge is 0.452 e. The lowest BCUT2D eigenvalue weighted by atomic mass is 9.83. The number of hydrogen-bond acceptors (Lipinski definition) is 4. The topological polar surface area (TPSA) is 84.1 Å². The van der Waals surface area contributed by atoms with Crippen LogP contribution >= 0.6 is 0 Å². The third-order valence-electron chi connectivity index (χ3n) is 4.02. The highest BCUT2D eigenvalue weighted by atomic mass is 16.5. The fraction of sp³-hybridized carbons (Fsp3) is 0.471. The Balaban J connectivity index is 1.80. The number of hydrogen-bond donors (Lipinski definition) is 1. The fourth-order valence-corrected chi connectivity index (χ4v) is 2.71. The molecule has 1 N–H and O–H groups in total. The van der Waals surface area contributed by atoms with Crippen molar-refractivity contribution in [3.05, 3.63) is 30.1 Å². The van der Waals surface area contributed by atoms with Crippen molar-refractivity contribution in [2.45, 2.75) is 37.6 Å². The number of ether oxygens (including phenoxy) is 1. The van der Waals surface area contributed by atoms with Gasteiger partial charge in [0, 0.05) is 25.0 Å². The molecule has 1 aliphatic carbocycles. The van der Waals surface area contributed by atoms with Crippen molar-refractivity contribution in [3.8, 4) is 6.07 Å². The van der Waals surface area contributed by atoms with E-state index in [-0.39, 0.29) is 6.61 Å². The molecule has 0 radical (unpaired) electrons. The first-order valence-electron chi connectivity index (χ1n) is 7.73. The number of rotatable bonds is 5. The molecule has 1 heterocycles. The zero-order valence-corrected chi connectivity index (χ0v) is 13.2. The first-order chi connectivity index (χ1) is 11.0. The zero-order valence-electron chi connectivity index (χ0n) is 13.2. The van der Waals surface area contributed by atoms with Crippen LogP contribution in [0.3, 0.4) is 0 Å². The van der Waals surface area contributed by atoms with Gasteiger partial charge in [-0.2, -0.15) is 5.26 Å². The van der Waals surface area contributed by atoms with Crippen LogP contribution in [0.2, 0.25) is 0 Å². The second-order valence-corrected chi connectivity index (χ2v) is 5.79. The van der Waals surface area contributed by atoms with Crippen LogP contribution in [0.25, 0.3) is 6.08 Å². The van der Waals surface area contributed by atoms with Crippen LogP contribution in [0.15, 0.2) is 24.4 Å². The maximum atomic E-state index is 11.9. The molecule has 1 amide bonds. The van der Waals surface area contributed by atoms with E-state index in [9.17, 15) is 14.9 Å². The smallest absolute Gasteiger partial charge is 0.331 e. The van der Waals surface area contributed by atoms with E-state index in [1.165, 1.54) is 6.08 Å². The van der Waals surface area contributed by atoms with E-state index >= 15 is 0 Å². The van der Waals surface area contributed by atoms with Gasteiger partial charge in [0.1, 0.15) is 5.54 Å². The van der Waals surface area contributed by atoms with E-state index in [0.717, 1.165) is 25.0 Å². The zero-order chi connectivity index (χ0) is 16.7. The van der Waals surface area contributed by atoms with Crippen LogP contribution in [-0.2, 0) is 21.4 Å². The molecule has 1 aliphatic rings. The quantitative estimate of drug-likeness (QED) is 0.664. The molecule has 1 aromatic heterocycles. The highest BCUT2D eigenvalue weighted by Crippen LogP contribution is 2.27. The highest BCUT2D eigenvalue weighted by molar-refractivity contribution is 5.89. The number of nitriles is 1. The molecule has 1 saturated carbocycles. The number of aryl methyl sites for hydroxylation is 1.